The van der Waals surface area contributed by atoms with Crippen molar-refractivity contribution in [2.45, 2.75) is 45.6 Å². The Bertz CT molecular complexity index is 360. The topological polar surface area (TPSA) is 50.9 Å². The first-order valence-electron chi connectivity index (χ1n) is 6.04. The second-order valence-electron chi connectivity index (χ2n) is 5.55. The highest BCUT2D eigenvalue weighted by atomic mass is 15.0. The summed E-state index contributed by atoms with van der Waals surface area (Å²) in [6.07, 6.45) is 5.08. The van der Waals surface area contributed by atoms with E-state index in [1.54, 1.807) is 0 Å². The van der Waals surface area contributed by atoms with Crippen LogP contribution in [0.2, 0.25) is 0 Å². The van der Waals surface area contributed by atoms with Crippen molar-refractivity contribution in [3.05, 3.63) is 18.2 Å². The third kappa shape index (κ3) is 2.87. The van der Waals surface area contributed by atoms with Crippen LogP contribution >= 0.6 is 0 Å². The zero-order valence-electron chi connectivity index (χ0n) is 10.2. The zero-order valence-corrected chi connectivity index (χ0v) is 10.2. The van der Waals surface area contributed by atoms with Gasteiger partial charge in [-0.15, -0.1) is 0 Å². The van der Waals surface area contributed by atoms with Gasteiger partial charge < -0.3 is 11.1 Å². The number of nitrogen functional groups attached to an aromatic ring is 1. The number of hydrogen-bond donors (Lipinski definition) is 2. The van der Waals surface area contributed by atoms with Gasteiger partial charge in [0.15, 0.2) is 0 Å². The van der Waals surface area contributed by atoms with Crippen LogP contribution in [0.5, 0.6) is 0 Å². The first-order chi connectivity index (χ1) is 7.55. The Morgan fingerprint density at radius 1 is 1.44 bits per heavy atom. The number of nitrogens with zero attached hydrogens (tertiary/aromatic N) is 1. The van der Waals surface area contributed by atoms with Gasteiger partial charge in [-0.3, -0.25) is 0 Å². The molecule has 3 N–H and O–H groups in total. The van der Waals surface area contributed by atoms with Crippen LogP contribution in [-0.2, 0) is 0 Å². The second kappa shape index (κ2) is 4.32. The molecule has 1 aromatic rings. The second-order valence-corrected chi connectivity index (χ2v) is 5.55. The third-order valence-electron chi connectivity index (χ3n) is 3.33. The molecule has 0 aliphatic heterocycles. The number of nitrogens with two attached hydrogens (primary N) is 1. The lowest BCUT2D eigenvalue weighted by Gasteiger charge is -2.35. The summed E-state index contributed by atoms with van der Waals surface area (Å²) in [4.78, 5) is 4.28. The number of rotatable bonds is 2. The molecule has 1 heterocycles. The molecule has 2 rings (SSSR count). The lowest BCUT2D eigenvalue weighted by molar-refractivity contribution is 0.229. The van der Waals surface area contributed by atoms with Gasteiger partial charge in [-0.1, -0.05) is 26.3 Å². The van der Waals surface area contributed by atoms with E-state index in [2.05, 4.69) is 24.1 Å². The van der Waals surface area contributed by atoms with Crippen molar-refractivity contribution >= 4 is 11.6 Å². The van der Waals surface area contributed by atoms with Gasteiger partial charge >= 0.3 is 0 Å². The molecule has 0 spiro atoms. The normalized spacial score (nSPS) is 24.0. The van der Waals surface area contributed by atoms with Crippen LogP contribution in [0.3, 0.4) is 0 Å². The molecule has 1 atom stereocenters. The molecule has 3 nitrogen and oxygen atoms in total. The molecular weight excluding hydrogens is 198 g/mol. The number of pyridine rings is 1. The highest BCUT2D eigenvalue weighted by Gasteiger charge is 2.27. The fourth-order valence-electron chi connectivity index (χ4n) is 2.56. The first kappa shape index (κ1) is 11.2. The van der Waals surface area contributed by atoms with Crippen molar-refractivity contribution in [1.29, 1.82) is 0 Å². The molecule has 0 bridgehead atoms. The lowest BCUT2D eigenvalue weighted by atomic mass is 9.75. The fourth-order valence-corrected chi connectivity index (χ4v) is 2.56. The standard InChI is InChI=1S/C13H21N3/c1-13(2)8-4-5-10(9-13)15-12-7-3-6-11(14)16-12/h3,6-7,10H,4-5,8-9H2,1-2H3,(H3,14,15,16). The predicted molar refractivity (Wildman–Crippen MR) is 68.3 cm³/mol. The highest BCUT2D eigenvalue weighted by Crippen LogP contribution is 2.36. The van der Waals surface area contributed by atoms with Crippen LogP contribution in [0.25, 0.3) is 0 Å². The third-order valence-corrected chi connectivity index (χ3v) is 3.33. The SMILES string of the molecule is CC1(C)CCCC(Nc2cccc(N)n2)C1. The van der Waals surface area contributed by atoms with Gasteiger partial charge in [0, 0.05) is 6.04 Å². The number of anilines is 2. The minimum atomic E-state index is 0.455. The summed E-state index contributed by atoms with van der Waals surface area (Å²) >= 11 is 0. The summed E-state index contributed by atoms with van der Waals surface area (Å²) in [6, 6.07) is 6.28. The average Bonchev–Trinajstić information content (AvgIpc) is 2.15. The minimum Gasteiger partial charge on any atom is -0.384 e. The van der Waals surface area contributed by atoms with Gasteiger partial charge in [-0.05, 0) is 36.8 Å². The first-order valence-corrected chi connectivity index (χ1v) is 6.04. The maximum atomic E-state index is 5.67. The number of aromatic nitrogens is 1. The van der Waals surface area contributed by atoms with E-state index in [1.165, 1.54) is 25.7 Å². The molecule has 16 heavy (non-hydrogen) atoms. The molecule has 0 aromatic carbocycles. The number of hydrogen-bond acceptors (Lipinski definition) is 3. The van der Waals surface area contributed by atoms with Crippen molar-refractivity contribution in [2.75, 3.05) is 11.1 Å². The van der Waals surface area contributed by atoms with Crippen LogP contribution in [-0.4, -0.2) is 11.0 Å². The number of nitrogens with one attached hydrogen (secondary N) is 1. The molecule has 1 aromatic heterocycles. The molecule has 88 valence electrons. The average molecular weight is 219 g/mol. The Balaban J connectivity index is 1.99. The summed E-state index contributed by atoms with van der Waals surface area (Å²) in [5, 5.41) is 3.49. The van der Waals surface area contributed by atoms with Crippen molar-refractivity contribution in [1.82, 2.24) is 4.98 Å². The van der Waals surface area contributed by atoms with Crippen molar-refractivity contribution in [3.63, 3.8) is 0 Å². The van der Waals surface area contributed by atoms with Crippen molar-refractivity contribution in [3.8, 4) is 0 Å². The minimum absolute atomic E-state index is 0.455. The van der Waals surface area contributed by atoms with Crippen molar-refractivity contribution < 1.29 is 0 Å². The van der Waals surface area contributed by atoms with Crippen LogP contribution < -0.4 is 11.1 Å². The molecule has 1 aliphatic carbocycles. The Labute approximate surface area is 97.5 Å². The summed E-state index contributed by atoms with van der Waals surface area (Å²) in [5.74, 6) is 1.49. The predicted octanol–water partition coefficient (Wildman–Crippen LogP) is 3.04. The van der Waals surface area contributed by atoms with Gasteiger partial charge in [-0.25, -0.2) is 4.98 Å². The Morgan fingerprint density at radius 2 is 2.25 bits per heavy atom. The lowest BCUT2D eigenvalue weighted by Crippen LogP contribution is -2.32. The van der Waals surface area contributed by atoms with Gasteiger partial charge in [0.05, 0.1) is 0 Å². The van der Waals surface area contributed by atoms with Gasteiger partial charge in [0.25, 0.3) is 0 Å². The van der Waals surface area contributed by atoms with E-state index in [-0.39, 0.29) is 0 Å². The maximum Gasteiger partial charge on any atom is 0.128 e. The van der Waals surface area contributed by atoms with Crippen LogP contribution in [0, 0.1) is 5.41 Å². The molecule has 1 fully saturated rings. The smallest absolute Gasteiger partial charge is 0.128 e. The molecule has 3 heteroatoms. The molecule has 0 amide bonds. The van der Waals surface area contributed by atoms with Crippen molar-refractivity contribution in [2.24, 2.45) is 5.41 Å². The molecule has 1 aliphatic rings. The van der Waals surface area contributed by atoms with Gasteiger partial charge in [0.1, 0.15) is 11.6 Å². The maximum absolute atomic E-state index is 5.67. The summed E-state index contributed by atoms with van der Waals surface area (Å²) in [6.45, 7) is 4.68. The molecule has 1 unspecified atom stereocenters. The molecule has 0 saturated heterocycles. The van der Waals surface area contributed by atoms with E-state index in [1.807, 2.05) is 18.2 Å². The van der Waals surface area contributed by atoms with Gasteiger partial charge in [-0.2, -0.15) is 0 Å². The van der Waals surface area contributed by atoms with E-state index in [0.29, 0.717) is 17.3 Å². The molecule has 1 saturated carbocycles. The van der Waals surface area contributed by atoms with Crippen LogP contribution in [0.15, 0.2) is 18.2 Å². The quantitative estimate of drug-likeness (QED) is 0.803. The van der Waals surface area contributed by atoms with E-state index in [0.717, 1.165) is 5.82 Å². The van der Waals surface area contributed by atoms with Crippen LogP contribution in [0.4, 0.5) is 11.6 Å². The van der Waals surface area contributed by atoms with Crippen LogP contribution in [0.1, 0.15) is 39.5 Å². The fraction of sp³-hybridized carbons (Fsp3) is 0.615. The summed E-state index contributed by atoms with van der Waals surface area (Å²) in [7, 11) is 0. The molecule has 0 radical (unpaired) electrons. The Hall–Kier alpha value is -1.25. The van der Waals surface area contributed by atoms with E-state index >= 15 is 0 Å². The summed E-state index contributed by atoms with van der Waals surface area (Å²) < 4.78 is 0. The van der Waals surface area contributed by atoms with E-state index in [4.69, 9.17) is 5.73 Å². The van der Waals surface area contributed by atoms with Gasteiger partial charge in [0.2, 0.25) is 0 Å². The zero-order chi connectivity index (χ0) is 11.6. The largest absolute Gasteiger partial charge is 0.384 e. The Kier molecular flexibility index (Phi) is 3.03. The molecular formula is C13H21N3. The van der Waals surface area contributed by atoms with E-state index < -0.39 is 0 Å². The summed E-state index contributed by atoms with van der Waals surface area (Å²) in [5.41, 5.74) is 6.12. The Morgan fingerprint density at radius 3 is 2.94 bits per heavy atom. The highest BCUT2D eigenvalue weighted by molar-refractivity contribution is 5.42. The van der Waals surface area contributed by atoms with E-state index in [9.17, 15) is 0 Å². The monoisotopic (exact) mass is 219 g/mol.